The zero-order valence-corrected chi connectivity index (χ0v) is 17.2. The van der Waals surface area contributed by atoms with Gasteiger partial charge in [0.15, 0.2) is 0 Å². The smallest absolute Gasteiger partial charge is 0.380 e. The Hall–Kier alpha value is -2.79. The highest BCUT2D eigenvalue weighted by Gasteiger charge is 2.31. The number of nitrogens with one attached hydrogen (secondary N) is 2. The Kier molecular flexibility index (Phi) is 6.83. The van der Waals surface area contributed by atoms with Gasteiger partial charge < -0.3 is 10.7 Å². The summed E-state index contributed by atoms with van der Waals surface area (Å²) in [5.41, 5.74) is 4.19. The van der Waals surface area contributed by atoms with Crippen LogP contribution in [0.15, 0.2) is 60.7 Å². The van der Waals surface area contributed by atoms with Crippen LogP contribution in [-0.4, -0.2) is 6.21 Å². The summed E-state index contributed by atoms with van der Waals surface area (Å²) in [6.07, 6.45) is -1.06. The zero-order chi connectivity index (χ0) is 21.7. The van der Waals surface area contributed by atoms with Crippen molar-refractivity contribution in [2.45, 2.75) is 32.5 Å². The molecule has 0 amide bonds. The van der Waals surface area contributed by atoms with Crippen molar-refractivity contribution in [3.63, 3.8) is 0 Å². The van der Waals surface area contributed by atoms with Gasteiger partial charge in [-0.2, -0.15) is 13.2 Å². The van der Waals surface area contributed by atoms with E-state index in [0.29, 0.717) is 23.2 Å². The first-order valence-corrected chi connectivity index (χ1v) is 10.0. The highest BCUT2D eigenvalue weighted by Crippen LogP contribution is 2.36. The molecule has 0 saturated carbocycles. The summed E-state index contributed by atoms with van der Waals surface area (Å²) in [5, 5.41) is 11.1. The maximum absolute atomic E-state index is 12.9. The van der Waals surface area contributed by atoms with E-state index in [2.05, 4.69) is 36.5 Å². The molecule has 0 aliphatic rings. The topological polar surface area (TPSA) is 35.9 Å². The molecule has 0 radical (unpaired) electrons. The lowest BCUT2D eigenvalue weighted by Gasteiger charge is -2.14. The first kappa shape index (κ1) is 21.9. The molecule has 2 N–H and O–H groups in total. The van der Waals surface area contributed by atoms with E-state index in [1.54, 1.807) is 12.1 Å². The standard InChI is InChI=1S/C24H22ClF3N2/c1-2-3-16-4-6-17(7-5-16)15-30-23-11-8-18(12-19(23)14-29)21-10-9-20(13-22(21)25)24(26,27)28/h4-14,29-30H,2-3,15H2,1H3. The molecule has 30 heavy (non-hydrogen) atoms. The molecular formula is C24H22ClF3N2. The van der Waals surface area contributed by atoms with Gasteiger partial charge in [-0.1, -0.05) is 61.3 Å². The zero-order valence-electron chi connectivity index (χ0n) is 16.5. The molecule has 0 spiro atoms. The molecule has 3 rings (SSSR count). The number of aryl methyl sites for hydroxylation is 1. The van der Waals surface area contributed by atoms with Gasteiger partial charge in [-0.15, -0.1) is 0 Å². The third kappa shape index (κ3) is 5.22. The first-order valence-electron chi connectivity index (χ1n) is 9.65. The summed E-state index contributed by atoms with van der Waals surface area (Å²) in [7, 11) is 0. The Morgan fingerprint density at radius 2 is 1.67 bits per heavy atom. The predicted molar refractivity (Wildman–Crippen MR) is 118 cm³/mol. The summed E-state index contributed by atoms with van der Waals surface area (Å²) in [4.78, 5) is 0. The minimum absolute atomic E-state index is 0.0219. The first-order chi connectivity index (χ1) is 14.3. The number of alkyl halides is 3. The summed E-state index contributed by atoms with van der Waals surface area (Å²) in [6.45, 7) is 2.75. The monoisotopic (exact) mass is 430 g/mol. The fourth-order valence-electron chi connectivity index (χ4n) is 3.25. The van der Waals surface area contributed by atoms with Crippen molar-refractivity contribution in [3.05, 3.63) is 87.9 Å². The Morgan fingerprint density at radius 3 is 2.27 bits per heavy atom. The van der Waals surface area contributed by atoms with Gasteiger partial charge in [0.25, 0.3) is 0 Å². The molecule has 0 aliphatic heterocycles. The molecule has 0 bridgehead atoms. The van der Waals surface area contributed by atoms with Crippen LogP contribution in [-0.2, 0) is 19.1 Å². The van der Waals surface area contributed by atoms with Crippen molar-refractivity contribution in [3.8, 4) is 11.1 Å². The molecule has 0 aliphatic carbocycles. The molecule has 2 nitrogen and oxygen atoms in total. The molecule has 0 aromatic heterocycles. The normalized spacial score (nSPS) is 11.4. The minimum Gasteiger partial charge on any atom is -0.380 e. The highest BCUT2D eigenvalue weighted by atomic mass is 35.5. The van der Waals surface area contributed by atoms with Crippen LogP contribution < -0.4 is 5.32 Å². The molecule has 0 heterocycles. The van der Waals surface area contributed by atoms with E-state index in [4.69, 9.17) is 17.0 Å². The highest BCUT2D eigenvalue weighted by molar-refractivity contribution is 6.33. The van der Waals surface area contributed by atoms with E-state index < -0.39 is 11.7 Å². The second kappa shape index (κ2) is 9.35. The van der Waals surface area contributed by atoms with Gasteiger partial charge in [-0.3, -0.25) is 0 Å². The number of hydrogen-bond donors (Lipinski definition) is 2. The average molecular weight is 431 g/mol. The summed E-state index contributed by atoms with van der Waals surface area (Å²) in [5.74, 6) is 0. The van der Waals surface area contributed by atoms with Crippen LogP contribution >= 0.6 is 11.6 Å². The molecule has 156 valence electrons. The number of benzene rings is 3. The third-order valence-electron chi connectivity index (χ3n) is 4.86. The van der Waals surface area contributed by atoms with E-state index in [0.717, 1.165) is 36.2 Å². The van der Waals surface area contributed by atoms with E-state index in [-0.39, 0.29) is 5.02 Å². The SMILES string of the molecule is CCCc1ccc(CNc2ccc(-c3ccc(C(F)(F)F)cc3Cl)cc2C=N)cc1. The number of hydrogen-bond acceptors (Lipinski definition) is 2. The van der Waals surface area contributed by atoms with Crippen molar-refractivity contribution in [1.82, 2.24) is 0 Å². The number of anilines is 1. The van der Waals surface area contributed by atoms with Crippen molar-refractivity contribution in [2.24, 2.45) is 0 Å². The summed E-state index contributed by atoms with van der Waals surface area (Å²) in [6, 6.07) is 17.0. The Labute approximate surface area is 179 Å². The van der Waals surface area contributed by atoms with Gasteiger partial charge in [0.2, 0.25) is 0 Å². The van der Waals surface area contributed by atoms with Crippen LogP contribution in [0.1, 0.15) is 35.6 Å². The average Bonchev–Trinajstić information content (AvgIpc) is 2.72. The van der Waals surface area contributed by atoms with Gasteiger partial charge in [0, 0.05) is 34.6 Å². The third-order valence-corrected chi connectivity index (χ3v) is 5.17. The quantitative estimate of drug-likeness (QED) is 0.372. The maximum Gasteiger partial charge on any atom is 0.416 e. The van der Waals surface area contributed by atoms with Gasteiger partial charge in [0.05, 0.1) is 5.56 Å². The maximum atomic E-state index is 12.9. The van der Waals surface area contributed by atoms with Crippen molar-refractivity contribution < 1.29 is 13.2 Å². The minimum atomic E-state index is -4.44. The molecule has 3 aromatic carbocycles. The Balaban J connectivity index is 1.79. The molecule has 0 fully saturated rings. The Morgan fingerprint density at radius 1 is 0.967 bits per heavy atom. The van der Waals surface area contributed by atoms with Gasteiger partial charge in [-0.25, -0.2) is 0 Å². The van der Waals surface area contributed by atoms with Gasteiger partial charge >= 0.3 is 6.18 Å². The molecule has 6 heteroatoms. The molecule has 0 atom stereocenters. The fourth-order valence-corrected chi connectivity index (χ4v) is 3.54. The summed E-state index contributed by atoms with van der Waals surface area (Å²) < 4.78 is 38.6. The second-order valence-electron chi connectivity index (χ2n) is 7.06. The number of halogens is 4. The molecular weight excluding hydrogens is 409 g/mol. The van der Waals surface area contributed by atoms with E-state index in [9.17, 15) is 13.2 Å². The number of rotatable bonds is 7. The van der Waals surface area contributed by atoms with E-state index in [1.165, 1.54) is 17.8 Å². The van der Waals surface area contributed by atoms with Crippen molar-refractivity contribution >= 4 is 23.5 Å². The molecule has 3 aromatic rings. The van der Waals surface area contributed by atoms with Crippen molar-refractivity contribution in [1.29, 1.82) is 5.41 Å². The van der Waals surface area contributed by atoms with Gasteiger partial charge in [-0.05, 0) is 47.4 Å². The lowest BCUT2D eigenvalue weighted by molar-refractivity contribution is -0.137. The largest absolute Gasteiger partial charge is 0.416 e. The van der Waals surface area contributed by atoms with Gasteiger partial charge in [0.1, 0.15) is 0 Å². The molecule has 0 saturated heterocycles. The van der Waals surface area contributed by atoms with Crippen LogP contribution in [0.4, 0.5) is 18.9 Å². The molecule has 0 unspecified atom stereocenters. The van der Waals surface area contributed by atoms with Crippen LogP contribution in [0.2, 0.25) is 5.02 Å². The van der Waals surface area contributed by atoms with Crippen LogP contribution in [0.25, 0.3) is 11.1 Å². The lowest BCUT2D eigenvalue weighted by Crippen LogP contribution is -2.05. The van der Waals surface area contributed by atoms with Crippen LogP contribution in [0, 0.1) is 5.41 Å². The van der Waals surface area contributed by atoms with E-state index >= 15 is 0 Å². The van der Waals surface area contributed by atoms with Crippen molar-refractivity contribution in [2.75, 3.05) is 5.32 Å². The fraction of sp³-hybridized carbons (Fsp3) is 0.208. The summed E-state index contributed by atoms with van der Waals surface area (Å²) >= 11 is 6.11. The predicted octanol–water partition coefficient (Wildman–Crippen LogP) is 7.59. The second-order valence-corrected chi connectivity index (χ2v) is 7.47. The van der Waals surface area contributed by atoms with E-state index in [1.807, 2.05) is 6.07 Å². The lowest BCUT2D eigenvalue weighted by atomic mass is 10.0. The van der Waals surface area contributed by atoms with Crippen LogP contribution in [0.3, 0.4) is 0 Å². The van der Waals surface area contributed by atoms with Crippen LogP contribution in [0.5, 0.6) is 0 Å². The Bertz CT molecular complexity index is 1030.